The lowest BCUT2D eigenvalue weighted by atomic mass is 9.90. The molecule has 6 rings (SSSR count). The van der Waals surface area contributed by atoms with Gasteiger partial charge in [-0.2, -0.15) is 0 Å². The van der Waals surface area contributed by atoms with E-state index in [4.69, 9.17) is 10.5 Å². The van der Waals surface area contributed by atoms with Crippen molar-refractivity contribution in [3.63, 3.8) is 0 Å². The van der Waals surface area contributed by atoms with Crippen molar-refractivity contribution in [3.05, 3.63) is 67.1 Å². The van der Waals surface area contributed by atoms with Gasteiger partial charge in [0, 0.05) is 36.4 Å². The molecule has 1 aliphatic heterocycles. The van der Waals surface area contributed by atoms with Crippen molar-refractivity contribution >= 4 is 16.9 Å². The van der Waals surface area contributed by atoms with Gasteiger partial charge in [-0.05, 0) is 68.5 Å². The molecule has 2 fully saturated rings. The maximum atomic E-state index is 6.38. The number of fused-ring (bicyclic) bond motifs is 1. The minimum atomic E-state index is 0.418. The summed E-state index contributed by atoms with van der Waals surface area (Å²) in [5.41, 5.74) is 9.46. The van der Waals surface area contributed by atoms with Crippen molar-refractivity contribution in [2.24, 2.45) is 0 Å². The molecule has 4 aromatic rings. The van der Waals surface area contributed by atoms with Crippen LogP contribution in [0.3, 0.4) is 0 Å². The van der Waals surface area contributed by atoms with Crippen molar-refractivity contribution in [3.8, 4) is 22.6 Å². The minimum absolute atomic E-state index is 0.418. The Hall–Kier alpha value is -3.42. The van der Waals surface area contributed by atoms with E-state index in [-0.39, 0.29) is 0 Å². The summed E-state index contributed by atoms with van der Waals surface area (Å²) in [6, 6.07) is 19.6. The Morgan fingerprint density at radius 1 is 0.886 bits per heavy atom. The summed E-state index contributed by atoms with van der Waals surface area (Å²) in [5.74, 6) is 2.15. The summed E-state index contributed by atoms with van der Waals surface area (Å²) in [4.78, 5) is 8.97. The van der Waals surface area contributed by atoms with E-state index in [2.05, 4.69) is 43.5 Å². The number of aromatic nitrogens is 3. The normalized spacial score (nSPS) is 22.5. The fourth-order valence-electron chi connectivity index (χ4n) is 5.58. The molecular formula is C28H32N6O. The largest absolute Gasteiger partial charge is 0.457 e. The predicted molar refractivity (Wildman–Crippen MR) is 140 cm³/mol. The van der Waals surface area contributed by atoms with Crippen molar-refractivity contribution in [2.75, 3.05) is 18.8 Å². The number of anilines is 1. The topological polar surface area (TPSA) is 90.0 Å². The van der Waals surface area contributed by atoms with Gasteiger partial charge in [-0.3, -0.25) is 0 Å². The molecule has 7 nitrogen and oxygen atoms in total. The Morgan fingerprint density at radius 2 is 1.66 bits per heavy atom. The van der Waals surface area contributed by atoms with E-state index in [1.165, 1.54) is 19.3 Å². The zero-order chi connectivity index (χ0) is 23.6. The van der Waals surface area contributed by atoms with Crippen molar-refractivity contribution in [1.29, 1.82) is 0 Å². The highest BCUT2D eigenvalue weighted by Gasteiger charge is 2.27. The van der Waals surface area contributed by atoms with Crippen LogP contribution in [0.25, 0.3) is 22.2 Å². The Morgan fingerprint density at radius 3 is 2.40 bits per heavy atom. The van der Waals surface area contributed by atoms with Crippen molar-refractivity contribution < 1.29 is 4.74 Å². The summed E-state index contributed by atoms with van der Waals surface area (Å²) >= 11 is 0. The number of ether oxygens (including phenoxy) is 1. The maximum Gasteiger partial charge on any atom is 0.146 e. The number of nitrogens with one attached hydrogen (secondary N) is 2. The molecule has 1 saturated heterocycles. The first-order valence-corrected chi connectivity index (χ1v) is 12.7. The standard InChI is InChI=1S/C28H32N6O/c29-27-26-25(19-6-12-24(13-7-19)35-23-4-2-1-3-5-23)17-34(28(26)32-18-31-27)22-10-8-20(9-11-22)33-21-14-15-30-16-21/h1-7,12-13,17-18,20-22,30,33H,8-11,14-16H2,(H2,29,31,32)/t20?,21-,22?/m0/s1. The molecule has 0 bridgehead atoms. The third-order valence-electron chi connectivity index (χ3n) is 7.40. The van der Waals surface area contributed by atoms with Crippen LogP contribution in [0.15, 0.2) is 67.1 Å². The lowest BCUT2D eigenvalue weighted by Crippen LogP contribution is -2.41. The number of nitrogens with two attached hydrogens (primary N) is 1. The number of nitrogen functional groups attached to an aromatic ring is 1. The molecule has 0 spiro atoms. The first-order valence-electron chi connectivity index (χ1n) is 12.7. The molecule has 2 aromatic carbocycles. The number of benzene rings is 2. The summed E-state index contributed by atoms with van der Waals surface area (Å²) in [7, 11) is 0. The maximum absolute atomic E-state index is 6.38. The lowest BCUT2D eigenvalue weighted by Gasteiger charge is -2.32. The Labute approximate surface area is 205 Å². The van der Waals surface area contributed by atoms with E-state index in [1.807, 2.05) is 42.5 Å². The predicted octanol–water partition coefficient (Wildman–Crippen LogP) is 4.91. The Kier molecular flexibility index (Phi) is 6.10. The van der Waals surface area contributed by atoms with Crippen LogP contribution in [0, 0.1) is 0 Å². The second-order valence-electron chi connectivity index (χ2n) is 9.71. The lowest BCUT2D eigenvalue weighted by molar-refractivity contribution is 0.280. The average Bonchev–Trinajstić information content (AvgIpc) is 3.55. The van der Waals surface area contributed by atoms with Crippen LogP contribution in [0.1, 0.15) is 38.1 Å². The molecule has 0 radical (unpaired) electrons. The summed E-state index contributed by atoms with van der Waals surface area (Å²) in [6.07, 6.45) is 9.67. The monoisotopic (exact) mass is 468 g/mol. The van der Waals surface area contributed by atoms with Gasteiger partial charge in [0.25, 0.3) is 0 Å². The van der Waals surface area contributed by atoms with E-state index >= 15 is 0 Å². The zero-order valence-corrected chi connectivity index (χ0v) is 19.9. The molecular weight excluding hydrogens is 436 g/mol. The molecule has 2 aromatic heterocycles. The van der Waals surface area contributed by atoms with E-state index in [0.717, 1.165) is 59.6 Å². The van der Waals surface area contributed by atoms with Gasteiger partial charge in [0.05, 0.1) is 5.39 Å². The summed E-state index contributed by atoms with van der Waals surface area (Å²) in [6.45, 7) is 2.22. The summed E-state index contributed by atoms with van der Waals surface area (Å²) < 4.78 is 8.31. The van der Waals surface area contributed by atoms with Crippen molar-refractivity contribution in [1.82, 2.24) is 25.2 Å². The van der Waals surface area contributed by atoms with Crippen LogP contribution in [-0.2, 0) is 0 Å². The van der Waals surface area contributed by atoms with E-state index in [0.29, 0.717) is 23.9 Å². The number of nitrogens with zero attached hydrogens (tertiary/aromatic N) is 3. The SMILES string of the molecule is Nc1ncnc2c1c(-c1ccc(Oc3ccccc3)cc1)cn2C1CCC(N[C@H]2CCNC2)CC1. The number of hydrogen-bond donors (Lipinski definition) is 3. The van der Waals surface area contributed by atoms with Crippen LogP contribution < -0.4 is 21.1 Å². The third-order valence-corrected chi connectivity index (χ3v) is 7.40. The second-order valence-corrected chi connectivity index (χ2v) is 9.71. The molecule has 0 amide bonds. The van der Waals surface area contributed by atoms with Crippen LogP contribution in [-0.4, -0.2) is 39.7 Å². The molecule has 2 aliphatic rings. The van der Waals surface area contributed by atoms with Gasteiger partial charge in [-0.1, -0.05) is 30.3 Å². The third kappa shape index (κ3) is 4.61. The minimum Gasteiger partial charge on any atom is -0.457 e. The van der Waals surface area contributed by atoms with Gasteiger partial charge in [-0.25, -0.2) is 9.97 Å². The summed E-state index contributed by atoms with van der Waals surface area (Å²) in [5, 5.41) is 8.25. The molecule has 1 aliphatic carbocycles. The first kappa shape index (κ1) is 22.1. The van der Waals surface area contributed by atoms with E-state index < -0.39 is 0 Å². The zero-order valence-electron chi connectivity index (χ0n) is 19.9. The highest BCUT2D eigenvalue weighted by Crippen LogP contribution is 2.38. The molecule has 1 atom stereocenters. The van der Waals surface area contributed by atoms with Gasteiger partial charge >= 0.3 is 0 Å². The molecule has 3 heterocycles. The van der Waals surface area contributed by atoms with Gasteiger partial charge in [0.2, 0.25) is 0 Å². The van der Waals surface area contributed by atoms with Crippen molar-refractivity contribution in [2.45, 2.75) is 50.2 Å². The first-order chi connectivity index (χ1) is 17.2. The number of hydrogen-bond acceptors (Lipinski definition) is 6. The van der Waals surface area contributed by atoms with Crippen LogP contribution >= 0.6 is 0 Å². The molecule has 180 valence electrons. The molecule has 35 heavy (non-hydrogen) atoms. The smallest absolute Gasteiger partial charge is 0.146 e. The average molecular weight is 469 g/mol. The van der Waals surface area contributed by atoms with Gasteiger partial charge in [-0.15, -0.1) is 0 Å². The number of para-hydroxylation sites is 1. The van der Waals surface area contributed by atoms with Gasteiger partial charge < -0.3 is 25.7 Å². The van der Waals surface area contributed by atoms with E-state index in [9.17, 15) is 0 Å². The highest BCUT2D eigenvalue weighted by atomic mass is 16.5. The fraction of sp³-hybridized carbons (Fsp3) is 0.357. The molecule has 4 N–H and O–H groups in total. The van der Waals surface area contributed by atoms with E-state index in [1.54, 1.807) is 6.33 Å². The van der Waals surface area contributed by atoms with Crippen LogP contribution in [0.2, 0.25) is 0 Å². The Bertz CT molecular complexity index is 1270. The second kappa shape index (κ2) is 9.68. The fourth-order valence-corrected chi connectivity index (χ4v) is 5.58. The number of rotatable bonds is 6. The molecule has 1 saturated carbocycles. The van der Waals surface area contributed by atoms with Gasteiger partial charge in [0.1, 0.15) is 29.3 Å². The van der Waals surface area contributed by atoms with Crippen LogP contribution in [0.5, 0.6) is 11.5 Å². The molecule has 0 unspecified atom stereocenters. The Balaban J connectivity index is 1.24. The highest BCUT2D eigenvalue weighted by molar-refractivity contribution is 6.00. The van der Waals surface area contributed by atoms with Crippen LogP contribution in [0.4, 0.5) is 5.82 Å². The van der Waals surface area contributed by atoms with Gasteiger partial charge in [0.15, 0.2) is 0 Å². The quantitative estimate of drug-likeness (QED) is 0.373. The molecule has 7 heteroatoms.